The van der Waals surface area contributed by atoms with E-state index in [9.17, 15) is 9.59 Å². The number of amides is 3. The summed E-state index contributed by atoms with van der Waals surface area (Å²) in [5.74, 6) is 0.484. The maximum Gasteiger partial charge on any atom is 0.324 e. The van der Waals surface area contributed by atoms with Crippen molar-refractivity contribution in [3.63, 3.8) is 0 Å². The van der Waals surface area contributed by atoms with Crippen LogP contribution in [0.15, 0.2) is 0 Å². The van der Waals surface area contributed by atoms with Gasteiger partial charge in [-0.1, -0.05) is 26.2 Å². The van der Waals surface area contributed by atoms with E-state index in [4.69, 9.17) is 0 Å². The lowest BCUT2D eigenvalue weighted by Crippen LogP contribution is -2.55. The first-order chi connectivity index (χ1) is 7.72. The molecule has 1 aliphatic heterocycles. The molecule has 0 aromatic heterocycles. The zero-order chi connectivity index (χ0) is 11.5. The number of carbonyl (C=O) groups is 2. The van der Waals surface area contributed by atoms with Crippen LogP contribution in [-0.2, 0) is 4.79 Å². The van der Waals surface area contributed by atoms with Crippen molar-refractivity contribution in [2.45, 2.75) is 51.5 Å². The second-order valence-corrected chi connectivity index (χ2v) is 4.82. The van der Waals surface area contributed by atoms with Gasteiger partial charge in [0.15, 0.2) is 0 Å². The highest BCUT2D eigenvalue weighted by atomic mass is 16.2. The van der Waals surface area contributed by atoms with Gasteiger partial charge in [-0.15, -0.1) is 0 Å². The minimum Gasteiger partial charge on any atom is -0.321 e. The molecule has 2 aliphatic rings. The lowest BCUT2D eigenvalue weighted by atomic mass is 9.82. The normalized spacial score (nSPS) is 31.4. The smallest absolute Gasteiger partial charge is 0.321 e. The van der Waals surface area contributed by atoms with Crippen LogP contribution >= 0.6 is 0 Å². The van der Waals surface area contributed by atoms with E-state index in [0.29, 0.717) is 24.9 Å². The topological polar surface area (TPSA) is 49.4 Å². The second kappa shape index (κ2) is 4.85. The lowest BCUT2D eigenvalue weighted by molar-refractivity contribution is -0.122. The van der Waals surface area contributed by atoms with Gasteiger partial charge < -0.3 is 4.90 Å². The van der Waals surface area contributed by atoms with Gasteiger partial charge in [0.25, 0.3) is 0 Å². The molecule has 1 aliphatic carbocycles. The summed E-state index contributed by atoms with van der Waals surface area (Å²) in [4.78, 5) is 24.7. The zero-order valence-electron chi connectivity index (χ0n) is 9.87. The van der Waals surface area contributed by atoms with Gasteiger partial charge in [-0.25, -0.2) is 4.79 Å². The average Bonchev–Trinajstić information content (AvgIpc) is 2.29. The third-order valence-corrected chi connectivity index (χ3v) is 3.88. The second-order valence-electron chi connectivity index (χ2n) is 4.82. The van der Waals surface area contributed by atoms with Crippen LogP contribution in [0.1, 0.15) is 45.4 Å². The van der Waals surface area contributed by atoms with Gasteiger partial charge in [-0.05, 0) is 18.8 Å². The van der Waals surface area contributed by atoms with Gasteiger partial charge in [0.1, 0.15) is 0 Å². The predicted octanol–water partition coefficient (Wildman–Crippen LogP) is 1.90. The van der Waals surface area contributed by atoms with Gasteiger partial charge in [-0.3, -0.25) is 10.1 Å². The summed E-state index contributed by atoms with van der Waals surface area (Å²) in [6.07, 6.45) is 6.39. The number of nitrogens with zero attached hydrogens (tertiary/aromatic N) is 1. The molecule has 0 aromatic rings. The Hall–Kier alpha value is -1.06. The molecule has 0 spiro atoms. The van der Waals surface area contributed by atoms with Crippen LogP contribution in [0.2, 0.25) is 0 Å². The van der Waals surface area contributed by atoms with Crippen molar-refractivity contribution < 1.29 is 9.59 Å². The van der Waals surface area contributed by atoms with Gasteiger partial charge in [0.2, 0.25) is 5.91 Å². The quantitative estimate of drug-likeness (QED) is 0.778. The van der Waals surface area contributed by atoms with Crippen LogP contribution in [-0.4, -0.2) is 29.4 Å². The van der Waals surface area contributed by atoms with E-state index in [-0.39, 0.29) is 11.9 Å². The van der Waals surface area contributed by atoms with Crippen molar-refractivity contribution >= 4 is 11.9 Å². The van der Waals surface area contributed by atoms with Gasteiger partial charge >= 0.3 is 6.03 Å². The van der Waals surface area contributed by atoms with Gasteiger partial charge in [0.05, 0.1) is 0 Å². The van der Waals surface area contributed by atoms with Crippen LogP contribution in [0.3, 0.4) is 0 Å². The maximum absolute atomic E-state index is 11.8. The van der Waals surface area contributed by atoms with Crippen molar-refractivity contribution in [2.24, 2.45) is 5.92 Å². The Balaban J connectivity index is 2.04. The fraction of sp³-hybridized carbons (Fsp3) is 0.833. The Bertz CT molecular complexity index is 291. The van der Waals surface area contributed by atoms with Crippen molar-refractivity contribution in [3.8, 4) is 0 Å². The third-order valence-electron chi connectivity index (χ3n) is 3.88. The minimum atomic E-state index is -0.179. The third kappa shape index (κ3) is 2.20. The fourth-order valence-corrected chi connectivity index (χ4v) is 2.97. The molecular weight excluding hydrogens is 204 g/mol. The molecule has 1 saturated carbocycles. The lowest BCUT2D eigenvalue weighted by Gasteiger charge is -2.41. The largest absolute Gasteiger partial charge is 0.324 e. The van der Waals surface area contributed by atoms with Gasteiger partial charge in [0, 0.05) is 19.0 Å². The van der Waals surface area contributed by atoms with E-state index in [1.54, 1.807) is 0 Å². The van der Waals surface area contributed by atoms with E-state index in [1.165, 1.54) is 19.3 Å². The van der Waals surface area contributed by atoms with E-state index in [2.05, 4.69) is 12.2 Å². The van der Waals surface area contributed by atoms with Crippen LogP contribution in [0, 0.1) is 5.92 Å². The van der Waals surface area contributed by atoms with Crippen LogP contribution < -0.4 is 5.32 Å². The number of carbonyl (C=O) groups excluding carboxylic acids is 2. The fourth-order valence-electron chi connectivity index (χ4n) is 2.97. The molecule has 4 heteroatoms. The number of hydrogen-bond donors (Lipinski definition) is 1. The maximum atomic E-state index is 11.8. The molecule has 2 atom stereocenters. The number of rotatable bonds is 2. The van der Waals surface area contributed by atoms with Crippen molar-refractivity contribution in [1.29, 1.82) is 0 Å². The predicted molar refractivity (Wildman–Crippen MR) is 60.9 cm³/mol. The summed E-state index contributed by atoms with van der Waals surface area (Å²) in [5, 5.41) is 2.42. The highest BCUT2D eigenvalue weighted by molar-refractivity contribution is 5.96. The summed E-state index contributed by atoms with van der Waals surface area (Å²) in [6, 6.07) is 0.174. The van der Waals surface area contributed by atoms with Crippen LogP contribution in [0.5, 0.6) is 0 Å². The summed E-state index contributed by atoms with van der Waals surface area (Å²) >= 11 is 0. The highest BCUT2D eigenvalue weighted by Gasteiger charge is 2.34. The molecule has 0 aromatic carbocycles. The average molecular weight is 224 g/mol. The molecule has 2 unspecified atom stereocenters. The Kier molecular flexibility index (Phi) is 3.46. The monoisotopic (exact) mass is 224 g/mol. The number of urea groups is 1. The molecule has 4 nitrogen and oxygen atoms in total. The van der Waals surface area contributed by atoms with Crippen molar-refractivity contribution in [3.05, 3.63) is 0 Å². The molecule has 2 rings (SSSR count). The first kappa shape index (κ1) is 11.4. The number of imide groups is 1. The molecule has 16 heavy (non-hydrogen) atoms. The molecular formula is C12H20N2O2. The Labute approximate surface area is 96.4 Å². The van der Waals surface area contributed by atoms with Crippen LogP contribution in [0.4, 0.5) is 4.79 Å². The van der Waals surface area contributed by atoms with E-state index >= 15 is 0 Å². The molecule has 0 radical (unpaired) electrons. The van der Waals surface area contributed by atoms with E-state index in [0.717, 1.165) is 12.8 Å². The van der Waals surface area contributed by atoms with Crippen molar-refractivity contribution in [1.82, 2.24) is 10.2 Å². The molecule has 1 saturated heterocycles. The Morgan fingerprint density at radius 1 is 1.31 bits per heavy atom. The Morgan fingerprint density at radius 3 is 2.75 bits per heavy atom. The van der Waals surface area contributed by atoms with Crippen molar-refractivity contribution in [2.75, 3.05) is 6.54 Å². The first-order valence-corrected chi connectivity index (χ1v) is 6.33. The minimum absolute atomic E-state index is 0.134. The summed E-state index contributed by atoms with van der Waals surface area (Å²) in [7, 11) is 0. The summed E-state index contributed by atoms with van der Waals surface area (Å²) < 4.78 is 0. The zero-order valence-corrected chi connectivity index (χ0v) is 9.87. The van der Waals surface area contributed by atoms with E-state index < -0.39 is 0 Å². The molecule has 2 fully saturated rings. The van der Waals surface area contributed by atoms with Gasteiger partial charge in [-0.2, -0.15) is 0 Å². The molecule has 0 bridgehead atoms. The molecule has 1 N–H and O–H groups in total. The highest BCUT2D eigenvalue weighted by Crippen LogP contribution is 2.31. The Morgan fingerprint density at radius 2 is 2.06 bits per heavy atom. The number of nitrogens with one attached hydrogen (secondary N) is 1. The van der Waals surface area contributed by atoms with Crippen LogP contribution in [0.25, 0.3) is 0 Å². The summed E-state index contributed by atoms with van der Waals surface area (Å²) in [5.41, 5.74) is 0. The number of hydrogen-bond acceptors (Lipinski definition) is 2. The SMILES string of the molecule is CCC1CCCCC1N1CCC(=O)NC1=O. The standard InChI is InChI=1S/C12H20N2O2/c1-2-9-5-3-4-6-10(9)14-8-7-11(15)13-12(14)16/h9-10H,2-8H2,1H3,(H,13,15,16). The molecule has 3 amide bonds. The summed E-state index contributed by atoms with van der Waals surface area (Å²) in [6.45, 7) is 2.79. The first-order valence-electron chi connectivity index (χ1n) is 6.33. The molecule has 90 valence electrons. The molecule has 1 heterocycles. The van der Waals surface area contributed by atoms with E-state index in [1.807, 2.05) is 4.90 Å².